The molecule has 20 heavy (non-hydrogen) atoms. The molecule has 0 saturated carbocycles. The van der Waals surface area contributed by atoms with Gasteiger partial charge in [0.15, 0.2) is 0 Å². The van der Waals surface area contributed by atoms with Crippen LogP contribution in [0.3, 0.4) is 0 Å². The van der Waals surface area contributed by atoms with E-state index in [2.05, 4.69) is 74.6 Å². The second-order valence-corrected chi connectivity index (χ2v) is 5.16. The third-order valence-corrected chi connectivity index (χ3v) is 3.14. The molecule has 0 radical (unpaired) electrons. The van der Waals surface area contributed by atoms with Crippen molar-refractivity contribution in [2.75, 3.05) is 11.9 Å². The molecular formula is C18H23NO. The molecule has 0 aliphatic rings. The Balaban J connectivity index is 2.05. The Morgan fingerprint density at radius 3 is 1.95 bits per heavy atom. The van der Waals surface area contributed by atoms with E-state index in [0.717, 1.165) is 6.54 Å². The maximum atomic E-state index is 5.61. The van der Waals surface area contributed by atoms with Crippen molar-refractivity contribution in [2.24, 2.45) is 0 Å². The van der Waals surface area contributed by atoms with Gasteiger partial charge in [-0.2, -0.15) is 0 Å². The van der Waals surface area contributed by atoms with Crippen LogP contribution in [0.15, 0.2) is 48.5 Å². The highest BCUT2D eigenvalue weighted by Gasteiger charge is 2.00. The third kappa shape index (κ3) is 4.10. The predicted octanol–water partition coefficient (Wildman–Crippen LogP) is 4.71. The summed E-state index contributed by atoms with van der Waals surface area (Å²) < 4.78 is 5.61. The lowest BCUT2D eigenvalue weighted by Gasteiger charge is -2.09. The summed E-state index contributed by atoms with van der Waals surface area (Å²) in [5.74, 6) is 0. The zero-order valence-corrected chi connectivity index (χ0v) is 12.5. The molecule has 2 nitrogen and oxygen atoms in total. The summed E-state index contributed by atoms with van der Waals surface area (Å²) in [4.78, 5) is 0. The molecule has 0 heterocycles. The van der Waals surface area contributed by atoms with Crippen LogP contribution >= 0.6 is 0 Å². The van der Waals surface area contributed by atoms with E-state index in [1.54, 1.807) is 0 Å². The van der Waals surface area contributed by atoms with Gasteiger partial charge in [-0.25, -0.2) is 0 Å². The molecule has 0 amide bonds. The van der Waals surface area contributed by atoms with Crippen LogP contribution in [0.4, 0.5) is 5.69 Å². The lowest BCUT2D eigenvalue weighted by atomic mass is 10.0. The molecule has 2 rings (SSSR count). The Labute approximate surface area is 121 Å². The van der Waals surface area contributed by atoms with Crippen LogP contribution in [0.25, 0.3) is 11.1 Å². The minimum atomic E-state index is 0.272. The molecule has 0 atom stereocenters. The highest BCUT2D eigenvalue weighted by molar-refractivity contribution is 5.66. The fourth-order valence-corrected chi connectivity index (χ4v) is 2.04. The van der Waals surface area contributed by atoms with Crippen molar-refractivity contribution in [3.63, 3.8) is 0 Å². The van der Waals surface area contributed by atoms with Crippen LogP contribution in [0.1, 0.15) is 26.3 Å². The Morgan fingerprint density at radius 2 is 1.45 bits per heavy atom. The molecule has 0 aromatic heterocycles. The zero-order chi connectivity index (χ0) is 14.4. The van der Waals surface area contributed by atoms with Gasteiger partial charge in [0.25, 0.3) is 0 Å². The smallest absolute Gasteiger partial charge is 0.0720 e. The van der Waals surface area contributed by atoms with Crippen LogP contribution < -0.4 is 5.32 Å². The summed E-state index contributed by atoms with van der Waals surface area (Å²) in [5.41, 5.74) is 4.86. The topological polar surface area (TPSA) is 21.3 Å². The van der Waals surface area contributed by atoms with E-state index in [0.29, 0.717) is 6.61 Å². The van der Waals surface area contributed by atoms with Gasteiger partial charge < -0.3 is 10.1 Å². The van der Waals surface area contributed by atoms with E-state index in [-0.39, 0.29) is 6.10 Å². The number of benzene rings is 2. The minimum Gasteiger partial charge on any atom is -0.385 e. The normalized spacial score (nSPS) is 10.8. The molecule has 0 unspecified atom stereocenters. The lowest BCUT2D eigenvalue weighted by Crippen LogP contribution is -2.01. The predicted molar refractivity (Wildman–Crippen MR) is 86.0 cm³/mol. The number of hydrogen-bond donors (Lipinski definition) is 1. The van der Waals surface area contributed by atoms with Crippen molar-refractivity contribution >= 4 is 5.69 Å². The molecule has 106 valence electrons. The quantitative estimate of drug-likeness (QED) is 0.820. The van der Waals surface area contributed by atoms with Crippen molar-refractivity contribution < 1.29 is 4.74 Å². The van der Waals surface area contributed by atoms with Crippen LogP contribution in [-0.4, -0.2) is 12.6 Å². The van der Waals surface area contributed by atoms with Gasteiger partial charge in [-0.05, 0) is 49.6 Å². The van der Waals surface area contributed by atoms with E-state index < -0.39 is 0 Å². The monoisotopic (exact) mass is 269 g/mol. The van der Waals surface area contributed by atoms with Gasteiger partial charge in [0.1, 0.15) is 0 Å². The fraction of sp³-hybridized carbons (Fsp3) is 0.333. The maximum absolute atomic E-state index is 5.61. The molecule has 0 saturated heterocycles. The average Bonchev–Trinajstić information content (AvgIpc) is 2.47. The number of ether oxygens (including phenoxy) is 1. The SMILES string of the molecule is CCNc1ccc(-c2ccc(COC(C)C)cc2)cc1. The molecule has 0 spiro atoms. The highest BCUT2D eigenvalue weighted by atomic mass is 16.5. The van der Waals surface area contributed by atoms with Crippen molar-refractivity contribution in [1.82, 2.24) is 0 Å². The van der Waals surface area contributed by atoms with Gasteiger partial charge in [0, 0.05) is 12.2 Å². The van der Waals surface area contributed by atoms with Crippen LogP contribution in [0.5, 0.6) is 0 Å². The van der Waals surface area contributed by atoms with Crippen LogP contribution in [0.2, 0.25) is 0 Å². The average molecular weight is 269 g/mol. The maximum Gasteiger partial charge on any atom is 0.0720 e. The summed E-state index contributed by atoms with van der Waals surface area (Å²) >= 11 is 0. The van der Waals surface area contributed by atoms with Gasteiger partial charge in [0.05, 0.1) is 12.7 Å². The highest BCUT2D eigenvalue weighted by Crippen LogP contribution is 2.22. The van der Waals surface area contributed by atoms with Crippen LogP contribution in [-0.2, 0) is 11.3 Å². The standard InChI is InChI=1S/C18H23NO/c1-4-19-18-11-9-17(10-12-18)16-7-5-15(6-8-16)13-20-14(2)3/h5-12,14,19H,4,13H2,1-3H3. The minimum absolute atomic E-state index is 0.272. The summed E-state index contributed by atoms with van der Waals surface area (Å²) in [6.07, 6.45) is 0.272. The van der Waals surface area contributed by atoms with Crippen molar-refractivity contribution in [1.29, 1.82) is 0 Å². The van der Waals surface area contributed by atoms with Gasteiger partial charge in [-0.3, -0.25) is 0 Å². The van der Waals surface area contributed by atoms with Crippen LogP contribution in [0, 0.1) is 0 Å². The first kappa shape index (κ1) is 14.6. The summed E-state index contributed by atoms with van der Waals surface area (Å²) in [5, 5.41) is 3.31. The molecule has 2 aromatic rings. The fourth-order valence-electron chi connectivity index (χ4n) is 2.04. The largest absolute Gasteiger partial charge is 0.385 e. The van der Waals surface area contributed by atoms with Gasteiger partial charge >= 0.3 is 0 Å². The molecule has 0 aliphatic heterocycles. The van der Waals surface area contributed by atoms with Crippen molar-refractivity contribution in [3.8, 4) is 11.1 Å². The van der Waals surface area contributed by atoms with E-state index in [1.807, 2.05) is 0 Å². The van der Waals surface area contributed by atoms with Crippen molar-refractivity contribution in [2.45, 2.75) is 33.5 Å². The molecule has 0 bridgehead atoms. The Hall–Kier alpha value is -1.80. The molecule has 2 aromatic carbocycles. The summed E-state index contributed by atoms with van der Waals surface area (Å²) in [7, 11) is 0. The molecule has 1 N–H and O–H groups in total. The number of anilines is 1. The number of hydrogen-bond acceptors (Lipinski definition) is 2. The summed E-state index contributed by atoms with van der Waals surface area (Å²) in [6, 6.07) is 17.1. The molecule has 2 heteroatoms. The van der Waals surface area contributed by atoms with Crippen molar-refractivity contribution in [3.05, 3.63) is 54.1 Å². The third-order valence-electron chi connectivity index (χ3n) is 3.14. The van der Waals surface area contributed by atoms with Gasteiger partial charge in [-0.15, -0.1) is 0 Å². The Morgan fingerprint density at radius 1 is 0.900 bits per heavy atom. The first-order chi connectivity index (χ1) is 9.69. The second-order valence-electron chi connectivity index (χ2n) is 5.16. The van der Waals surface area contributed by atoms with E-state index >= 15 is 0 Å². The Bertz CT molecular complexity index is 514. The van der Waals surface area contributed by atoms with E-state index in [1.165, 1.54) is 22.4 Å². The first-order valence-corrected chi connectivity index (χ1v) is 7.24. The van der Waals surface area contributed by atoms with Gasteiger partial charge in [0.2, 0.25) is 0 Å². The van der Waals surface area contributed by atoms with E-state index in [9.17, 15) is 0 Å². The number of nitrogens with one attached hydrogen (secondary N) is 1. The van der Waals surface area contributed by atoms with Gasteiger partial charge in [-0.1, -0.05) is 36.4 Å². The molecular weight excluding hydrogens is 246 g/mol. The summed E-state index contributed by atoms with van der Waals surface area (Å²) in [6.45, 7) is 7.84. The first-order valence-electron chi connectivity index (χ1n) is 7.24. The number of rotatable bonds is 6. The molecule has 0 fully saturated rings. The Kier molecular flexibility index (Phi) is 5.19. The zero-order valence-electron chi connectivity index (χ0n) is 12.5. The second kappa shape index (κ2) is 7.11. The lowest BCUT2D eigenvalue weighted by molar-refractivity contribution is 0.0657. The molecule has 0 aliphatic carbocycles. The van der Waals surface area contributed by atoms with E-state index in [4.69, 9.17) is 4.74 Å².